The van der Waals surface area contributed by atoms with Crippen molar-refractivity contribution >= 4 is 17.3 Å². The van der Waals surface area contributed by atoms with Crippen LogP contribution >= 0.6 is 11.6 Å². The number of non-ortho nitro benzene ring substituents is 1. The van der Waals surface area contributed by atoms with Crippen LogP contribution in [-0.2, 0) is 0 Å². The molecule has 1 rings (SSSR count). The summed E-state index contributed by atoms with van der Waals surface area (Å²) in [6, 6.07) is 0.413. The largest absolute Gasteiger partial charge is 0.407 e. The van der Waals surface area contributed by atoms with Crippen molar-refractivity contribution in [2.24, 2.45) is 5.73 Å². The van der Waals surface area contributed by atoms with E-state index in [1.807, 2.05) is 0 Å². The topological polar surface area (TPSA) is 69.2 Å². The van der Waals surface area contributed by atoms with Crippen molar-refractivity contribution < 1.29 is 18.1 Å². The molecule has 1 unspecified atom stereocenters. The molecule has 0 aliphatic carbocycles. The van der Waals surface area contributed by atoms with E-state index in [4.69, 9.17) is 17.3 Å². The third-order valence-corrected chi connectivity index (χ3v) is 2.22. The third-order valence-electron chi connectivity index (χ3n) is 1.88. The van der Waals surface area contributed by atoms with Gasteiger partial charge in [-0.3, -0.25) is 10.1 Å². The summed E-state index contributed by atoms with van der Waals surface area (Å²) in [5, 5.41) is 10.1. The Morgan fingerprint density at radius 2 is 2.00 bits per heavy atom. The number of benzene rings is 1. The molecule has 0 aliphatic rings. The molecule has 1 atom stereocenters. The zero-order valence-electron chi connectivity index (χ0n) is 7.66. The minimum Gasteiger partial charge on any atom is -0.316 e. The molecule has 0 aromatic heterocycles. The zero-order chi connectivity index (χ0) is 12.5. The molecule has 0 saturated heterocycles. The lowest BCUT2D eigenvalue weighted by molar-refractivity contribution is -0.385. The van der Waals surface area contributed by atoms with Crippen LogP contribution in [-0.4, -0.2) is 11.1 Å². The molecule has 0 radical (unpaired) electrons. The lowest BCUT2D eigenvalue weighted by atomic mass is 10.1. The van der Waals surface area contributed by atoms with Gasteiger partial charge in [0.2, 0.25) is 0 Å². The van der Waals surface area contributed by atoms with Gasteiger partial charge >= 0.3 is 6.18 Å². The molecule has 0 aliphatic heterocycles. The molecule has 0 heterocycles. The fourth-order valence-corrected chi connectivity index (χ4v) is 1.29. The van der Waals surface area contributed by atoms with E-state index in [1.165, 1.54) is 0 Å². The standard InChI is InChI=1S/C8H6ClF3N2O2/c9-6-2-1-4(14(15)16)3-5(6)7(13)8(10,11)12/h1-3,7H,13H2. The van der Waals surface area contributed by atoms with Gasteiger partial charge in [0.05, 0.1) is 4.92 Å². The summed E-state index contributed by atoms with van der Waals surface area (Å²) in [5.74, 6) is 0. The summed E-state index contributed by atoms with van der Waals surface area (Å²) in [6.45, 7) is 0. The number of rotatable bonds is 2. The first-order valence-electron chi connectivity index (χ1n) is 3.99. The van der Waals surface area contributed by atoms with Crippen LogP contribution < -0.4 is 5.73 Å². The molecular weight excluding hydrogens is 249 g/mol. The summed E-state index contributed by atoms with van der Waals surface area (Å²) in [4.78, 5) is 9.56. The molecule has 88 valence electrons. The highest BCUT2D eigenvalue weighted by Gasteiger charge is 2.39. The molecule has 0 spiro atoms. The second-order valence-corrected chi connectivity index (χ2v) is 3.39. The average molecular weight is 255 g/mol. The minimum absolute atomic E-state index is 0.254. The molecule has 1 aromatic carbocycles. The number of alkyl halides is 3. The van der Waals surface area contributed by atoms with E-state index in [-0.39, 0.29) is 5.02 Å². The van der Waals surface area contributed by atoms with Gasteiger partial charge in [-0.05, 0) is 6.07 Å². The number of nitrogens with zero attached hydrogens (tertiary/aromatic N) is 1. The first-order chi connectivity index (χ1) is 7.23. The number of nitrogens with two attached hydrogens (primary N) is 1. The predicted octanol–water partition coefficient (Wildman–Crippen LogP) is 2.81. The Balaban J connectivity index is 3.22. The smallest absolute Gasteiger partial charge is 0.316 e. The van der Waals surface area contributed by atoms with Gasteiger partial charge in [0.1, 0.15) is 6.04 Å². The van der Waals surface area contributed by atoms with Gasteiger partial charge < -0.3 is 5.73 Å². The number of nitro benzene ring substituents is 1. The number of halogens is 4. The van der Waals surface area contributed by atoms with Crippen molar-refractivity contribution in [2.75, 3.05) is 0 Å². The second kappa shape index (κ2) is 4.26. The van der Waals surface area contributed by atoms with Gasteiger partial charge in [-0.1, -0.05) is 11.6 Å². The highest BCUT2D eigenvalue weighted by atomic mass is 35.5. The maximum atomic E-state index is 12.3. The molecule has 0 saturated carbocycles. The van der Waals surface area contributed by atoms with E-state index in [2.05, 4.69) is 0 Å². The molecule has 0 bridgehead atoms. The van der Waals surface area contributed by atoms with Crippen molar-refractivity contribution in [3.8, 4) is 0 Å². The van der Waals surface area contributed by atoms with E-state index in [0.29, 0.717) is 0 Å². The Kier molecular flexibility index (Phi) is 3.39. The molecule has 16 heavy (non-hydrogen) atoms. The van der Waals surface area contributed by atoms with Crippen LogP contribution in [0, 0.1) is 10.1 Å². The first kappa shape index (κ1) is 12.7. The Labute approximate surface area is 93.0 Å². The van der Waals surface area contributed by atoms with Crippen molar-refractivity contribution in [1.29, 1.82) is 0 Å². The van der Waals surface area contributed by atoms with Crippen LogP contribution in [0.5, 0.6) is 0 Å². The minimum atomic E-state index is -4.70. The van der Waals surface area contributed by atoms with Crippen LogP contribution in [0.25, 0.3) is 0 Å². The molecule has 1 aromatic rings. The summed E-state index contributed by atoms with van der Waals surface area (Å²) in [6.07, 6.45) is -4.70. The monoisotopic (exact) mass is 254 g/mol. The Bertz CT molecular complexity index is 422. The molecule has 8 heteroatoms. The van der Waals surface area contributed by atoms with Crippen LogP contribution in [0.1, 0.15) is 11.6 Å². The van der Waals surface area contributed by atoms with Crippen LogP contribution in [0.3, 0.4) is 0 Å². The average Bonchev–Trinajstić information content (AvgIpc) is 2.15. The summed E-state index contributed by atoms with van der Waals surface area (Å²) in [5.41, 5.74) is 3.91. The zero-order valence-corrected chi connectivity index (χ0v) is 8.42. The molecular formula is C8H6ClF3N2O2. The first-order valence-corrected chi connectivity index (χ1v) is 4.37. The lowest BCUT2D eigenvalue weighted by Gasteiger charge is -2.16. The van der Waals surface area contributed by atoms with Gasteiger partial charge in [0.25, 0.3) is 5.69 Å². The summed E-state index contributed by atoms with van der Waals surface area (Å²) < 4.78 is 36.9. The van der Waals surface area contributed by atoms with Gasteiger partial charge in [-0.15, -0.1) is 0 Å². The third kappa shape index (κ3) is 2.61. The van der Waals surface area contributed by atoms with Gasteiger partial charge in [0.15, 0.2) is 0 Å². The molecule has 2 N–H and O–H groups in total. The maximum Gasteiger partial charge on any atom is 0.407 e. The van der Waals surface area contributed by atoms with E-state index in [9.17, 15) is 23.3 Å². The van der Waals surface area contributed by atoms with Crippen molar-refractivity contribution in [1.82, 2.24) is 0 Å². The predicted molar refractivity (Wildman–Crippen MR) is 51.1 cm³/mol. The van der Waals surface area contributed by atoms with E-state index < -0.39 is 28.4 Å². The van der Waals surface area contributed by atoms with Crippen molar-refractivity contribution in [3.63, 3.8) is 0 Å². The molecule has 4 nitrogen and oxygen atoms in total. The van der Waals surface area contributed by atoms with Crippen molar-refractivity contribution in [3.05, 3.63) is 38.9 Å². The Morgan fingerprint density at radius 1 is 1.44 bits per heavy atom. The number of nitro groups is 1. The molecule has 0 amide bonds. The highest BCUT2D eigenvalue weighted by Crippen LogP contribution is 2.35. The normalized spacial score (nSPS) is 13.6. The van der Waals surface area contributed by atoms with Crippen LogP contribution in [0.4, 0.5) is 18.9 Å². The number of hydrogen-bond acceptors (Lipinski definition) is 3. The van der Waals surface area contributed by atoms with Crippen LogP contribution in [0.15, 0.2) is 18.2 Å². The van der Waals surface area contributed by atoms with Gasteiger partial charge in [-0.2, -0.15) is 13.2 Å². The quantitative estimate of drug-likeness (QED) is 0.652. The lowest BCUT2D eigenvalue weighted by Crippen LogP contribution is -2.28. The summed E-state index contributed by atoms with van der Waals surface area (Å²) >= 11 is 5.50. The van der Waals surface area contributed by atoms with Crippen molar-refractivity contribution in [2.45, 2.75) is 12.2 Å². The van der Waals surface area contributed by atoms with Crippen LogP contribution in [0.2, 0.25) is 5.02 Å². The Hall–Kier alpha value is -1.34. The fraction of sp³-hybridized carbons (Fsp3) is 0.250. The highest BCUT2D eigenvalue weighted by molar-refractivity contribution is 6.31. The maximum absolute atomic E-state index is 12.3. The van der Waals surface area contributed by atoms with Gasteiger partial charge in [0, 0.05) is 22.7 Å². The van der Waals surface area contributed by atoms with Gasteiger partial charge in [-0.25, -0.2) is 0 Å². The number of hydrogen-bond donors (Lipinski definition) is 1. The SMILES string of the molecule is NC(c1cc([N+](=O)[O-])ccc1Cl)C(F)(F)F. The van der Waals surface area contributed by atoms with E-state index in [0.717, 1.165) is 18.2 Å². The molecule has 0 fully saturated rings. The second-order valence-electron chi connectivity index (χ2n) is 2.98. The van der Waals surface area contributed by atoms with E-state index >= 15 is 0 Å². The summed E-state index contributed by atoms with van der Waals surface area (Å²) in [7, 11) is 0. The Morgan fingerprint density at radius 3 is 2.44 bits per heavy atom. The van der Waals surface area contributed by atoms with E-state index in [1.54, 1.807) is 0 Å². The fourth-order valence-electron chi connectivity index (χ4n) is 1.06.